The molecule has 6 rings (SSSR count). The molecule has 0 saturated carbocycles. The van der Waals surface area contributed by atoms with E-state index in [1.807, 2.05) is 0 Å². The summed E-state index contributed by atoms with van der Waals surface area (Å²) in [6.45, 7) is 0. The van der Waals surface area contributed by atoms with Crippen LogP contribution in [0, 0.1) is 20.2 Å². The van der Waals surface area contributed by atoms with Gasteiger partial charge in [0.1, 0.15) is 11.5 Å². The summed E-state index contributed by atoms with van der Waals surface area (Å²) >= 11 is 0. The molecule has 16 nitrogen and oxygen atoms in total. The van der Waals surface area contributed by atoms with Crippen LogP contribution < -0.4 is 20.5 Å². The van der Waals surface area contributed by atoms with Crippen molar-refractivity contribution in [3.05, 3.63) is 142 Å². The lowest BCUT2D eigenvalue weighted by atomic mass is 10.0. The summed E-state index contributed by atoms with van der Waals surface area (Å²) < 4.78 is 53.7. The van der Waals surface area contributed by atoms with Gasteiger partial charge in [-0.25, -0.2) is 16.8 Å². The smallest absolute Gasteiger partial charge is 0.270 e. The Hall–Kier alpha value is -6.60. The Kier molecular flexibility index (Phi) is 9.46. The minimum atomic E-state index is -4.51. The molecule has 0 saturated heterocycles. The molecule has 0 atom stereocenters. The third-order valence-corrected chi connectivity index (χ3v) is 10.3. The molecule has 6 N–H and O–H groups in total. The predicted molar refractivity (Wildman–Crippen MR) is 192 cm³/mol. The van der Waals surface area contributed by atoms with E-state index in [2.05, 4.69) is 20.5 Å². The molecule has 6 aromatic carbocycles. The first-order chi connectivity index (χ1) is 24.7. The molecule has 0 aliphatic carbocycles. The molecule has 52 heavy (non-hydrogen) atoms. The maximum absolute atomic E-state index is 13.4. The second kappa shape index (κ2) is 14.0. The van der Waals surface area contributed by atoms with Gasteiger partial charge in [-0.3, -0.25) is 20.2 Å². The number of nitro benzene ring substituents is 2. The van der Waals surface area contributed by atoms with Crippen LogP contribution in [0.15, 0.2) is 131 Å². The lowest BCUT2D eigenvalue weighted by Crippen LogP contribution is -2.30. The van der Waals surface area contributed by atoms with Gasteiger partial charge >= 0.3 is 0 Å². The molecular weight excluding hydrogens is 717 g/mol. The highest BCUT2D eigenvalue weighted by molar-refractivity contribution is 7.89. The molecule has 0 unspecified atom stereocenters. The van der Waals surface area contributed by atoms with Crippen molar-refractivity contribution in [1.82, 2.24) is 9.66 Å². The zero-order valence-electron chi connectivity index (χ0n) is 26.4. The van der Waals surface area contributed by atoms with Crippen LogP contribution in [0.4, 0.5) is 22.7 Å². The van der Waals surface area contributed by atoms with Crippen molar-refractivity contribution < 1.29 is 36.9 Å². The van der Waals surface area contributed by atoms with Gasteiger partial charge in [0.05, 0.1) is 36.4 Å². The Morgan fingerprint density at radius 1 is 0.519 bits per heavy atom. The molecule has 264 valence electrons. The fourth-order valence-electron chi connectivity index (χ4n) is 5.31. The van der Waals surface area contributed by atoms with Gasteiger partial charge in [-0.2, -0.15) is 0 Å². The third kappa shape index (κ3) is 7.30. The topological polar surface area (TPSA) is 243 Å². The Labute approximate surface area is 295 Å². The molecule has 0 radical (unpaired) electrons. The fraction of sp³-hybridized carbons (Fsp3) is 0. The standard InChI is InChI=1S/C34H26N6O10S2/c41-32-19-26(51(47,48)37-35-30-13-11-24(39(43)44)17-28(30)21-7-3-1-4-8-21)15-23-16-27(20-33(42)34(23)32)52(49,50)38-36-31-14-12-25(40(45)46)18-29(31)22-9-5-2-6-10-22/h1-20,35-38,41-42H. The van der Waals surface area contributed by atoms with E-state index >= 15 is 0 Å². The summed E-state index contributed by atoms with van der Waals surface area (Å²) in [6, 6.07) is 28.3. The van der Waals surface area contributed by atoms with Gasteiger partial charge < -0.3 is 21.1 Å². The number of rotatable bonds is 12. The van der Waals surface area contributed by atoms with E-state index in [1.54, 1.807) is 60.7 Å². The normalized spacial score (nSPS) is 11.6. The quantitative estimate of drug-likeness (QED) is 0.0624. The van der Waals surface area contributed by atoms with Crippen LogP contribution in [-0.2, 0) is 20.0 Å². The average Bonchev–Trinajstić information content (AvgIpc) is 3.13. The van der Waals surface area contributed by atoms with Gasteiger partial charge in [-0.1, -0.05) is 60.7 Å². The summed E-state index contributed by atoms with van der Waals surface area (Å²) in [6.07, 6.45) is 0. The van der Waals surface area contributed by atoms with Gasteiger partial charge in [-0.05, 0) is 40.8 Å². The Bertz CT molecular complexity index is 2410. The number of phenolic OH excluding ortho intramolecular Hbond substituents is 2. The molecule has 0 amide bonds. The lowest BCUT2D eigenvalue weighted by Gasteiger charge is -2.16. The average molecular weight is 743 g/mol. The van der Waals surface area contributed by atoms with Crippen molar-refractivity contribution in [2.24, 2.45) is 0 Å². The maximum atomic E-state index is 13.4. The molecule has 0 aliphatic rings. The minimum Gasteiger partial charge on any atom is -0.507 e. The van der Waals surface area contributed by atoms with Gasteiger partial charge in [-0.15, -0.1) is 9.66 Å². The Morgan fingerprint density at radius 3 is 1.27 bits per heavy atom. The van der Waals surface area contributed by atoms with Gasteiger partial charge in [0.2, 0.25) is 0 Å². The van der Waals surface area contributed by atoms with E-state index in [0.717, 1.165) is 24.3 Å². The highest BCUT2D eigenvalue weighted by atomic mass is 32.2. The van der Waals surface area contributed by atoms with E-state index in [4.69, 9.17) is 0 Å². The van der Waals surface area contributed by atoms with Crippen molar-refractivity contribution >= 4 is 53.6 Å². The van der Waals surface area contributed by atoms with Crippen molar-refractivity contribution in [3.8, 4) is 33.8 Å². The number of benzene rings is 6. The van der Waals surface area contributed by atoms with Crippen LogP contribution in [-0.4, -0.2) is 36.9 Å². The van der Waals surface area contributed by atoms with E-state index < -0.39 is 51.2 Å². The Balaban J connectivity index is 1.29. The van der Waals surface area contributed by atoms with Crippen LogP contribution in [0.3, 0.4) is 0 Å². The number of anilines is 2. The van der Waals surface area contributed by atoms with E-state index in [0.29, 0.717) is 22.3 Å². The fourth-order valence-corrected chi connectivity index (χ4v) is 7.13. The molecule has 6 aromatic rings. The van der Waals surface area contributed by atoms with Crippen LogP contribution in [0.25, 0.3) is 33.0 Å². The number of hydrazine groups is 2. The number of fused-ring (bicyclic) bond motifs is 1. The molecule has 0 aliphatic heterocycles. The summed E-state index contributed by atoms with van der Waals surface area (Å²) in [7, 11) is -9.02. The molecular formula is C34H26N6O10S2. The number of hydrogen-bond acceptors (Lipinski definition) is 12. The summed E-state index contributed by atoms with van der Waals surface area (Å²) in [5.41, 5.74) is 6.68. The minimum absolute atomic E-state index is 0.165. The molecule has 0 aromatic heterocycles. The number of hydrogen-bond donors (Lipinski definition) is 6. The molecule has 0 fully saturated rings. The highest BCUT2D eigenvalue weighted by Crippen LogP contribution is 2.38. The van der Waals surface area contributed by atoms with Crippen molar-refractivity contribution in [2.75, 3.05) is 10.9 Å². The zero-order valence-corrected chi connectivity index (χ0v) is 28.1. The third-order valence-electron chi connectivity index (χ3n) is 7.81. The van der Waals surface area contributed by atoms with E-state index in [1.165, 1.54) is 36.4 Å². The van der Waals surface area contributed by atoms with Crippen LogP contribution >= 0.6 is 0 Å². The summed E-state index contributed by atoms with van der Waals surface area (Å²) in [5, 5.41) is 43.9. The molecule has 0 spiro atoms. The van der Waals surface area contributed by atoms with Crippen molar-refractivity contribution in [1.29, 1.82) is 0 Å². The van der Waals surface area contributed by atoms with Crippen molar-refractivity contribution in [3.63, 3.8) is 0 Å². The number of nitro groups is 2. The second-order valence-corrected chi connectivity index (χ2v) is 14.5. The number of nitrogens with zero attached hydrogens (tertiary/aromatic N) is 2. The molecule has 0 heterocycles. The molecule has 18 heteroatoms. The number of phenols is 2. The van der Waals surface area contributed by atoms with Crippen LogP contribution in [0.5, 0.6) is 11.5 Å². The lowest BCUT2D eigenvalue weighted by molar-refractivity contribution is -0.385. The van der Waals surface area contributed by atoms with E-state index in [-0.39, 0.29) is 33.5 Å². The number of nitrogens with one attached hydrogen (secondary N) is 4. The monoisotopic (exact) mass is 742 g/mol. The highest BCUT2D eigenvalue weighted by Gasteiger charge is 2.23. The predicted octanol–water partition coefficient (Wildman–Crippen LogP) is 6.01. The van der Waals surface area contributed by atoms with Gasteiger partial charge in [0.25, 0.3) is 31.4 Å². The van der Waals surface area contributed by atoms with Gasteiger partial charge in [0, 0.05) is 47.5 Å². The van der Waals surface area contributed by atoms with E-state index in [9.17, 15) is 47.3 Å². The SMILES string of the molecule is O=[N+]([O-])c1ccc(NNS(=O)(=O)c2cc(O)c3c(O)cc(S(=O)(=O)NNc4ccc([N+](=O)[O-])cc4-c4ccccc4)cc3c2)c(-c2ccccc2)c1. The van der Waals surface area contributed by atoms with Crippen LogP contribution in [0.1, 0.15) is 0 Å². The summed E-state index contributed by atoms with van der Waals surface area (Å²) in [5.74, 6) is -1.35. The number of aromatic hydroxyl groups is 2. The molecule has 0 bridgehead atoms. The number of sulfonamides is 2. The second-order valence-electron chi connectivity index (χ2n) is 11.1. The van der Waals surface area contributed by atoms with Crippen LogP contribution in [0.2, 0.25) is 0 Å². The maximum Gasteiger partial charge on any atom is 0.270 e. The van der Waals surface area contributed by atoms with Crippen molar-refractivity contribution in [2.45, 2.75) is 9.79 Å². The zero-order chi connectivity index (χ0) is 37.2. The summed E-state index contributed by atoms with van der Waals surface area (Å²) in [4.78, 5) is 24.9. The first-order valence-electron chi connectivity index (χ1n) is 15.0. The Morgan fingerprint density at radius 2 is 0.904 bits per heavy atom. The van der Waals surface area contributed by atoms with Gasteiger partial charge in [0.15, 0.2) is 0 Å². The number of non-ortho nitro benzene ring substituents is 2. The first kappa shape index (κ1) is 35.2. The largest absolute Gasteiger partial charge is 0.507 e. The first-order valence-corrected chi connectivity index (χ1v) is 17.9.